The van der Waals surface area contributed by atoms with Crippen LogP contribution in [-0.4, -0.2) is 17.0 Å². The standard InChI is InChI=1S/C12H7BrClNO3S/c13-6-1-2-9(14)8(5-6)10(16)15-11-7(12(17)18)3-4-19-11/h1-5H,(H,15,16)(H,17,18). The minimum atomic E-state index is -1.09. The second-order valence-corrected chi connectivity index (χ2v) is 5.79. The van der Waals surface area contributed by atoms with E-state index in [9.17, 15) is 9.59 Å². The van der Waals surface area contributed by atoms with Gasteiger partial charge in [0.05, 0.1) is 16.1 Å². The van der Waals surface area contributed by atoms with Gasteiger partial charge in [0.2, 0.25) is 0 Å². The number of carbonyl (C=O) groups excluding carboxylic acids is 1. The van der Waals surface area contributed by atoms with Crippen LogP contribution in [0.15, 0.2) is 34.1 Å². The van der Waals surface area contributed by atoms with Crippen molar-refractivity contribution in [1.29, 1.82) is 0 Å². The first kappa shape index (κ1) is 14.0. The summed E-state index contributed by atoms with van der Waals surface area (Å²) < 4.78 is 0.715. The molecule has 1 heterocycles. The third-order valence-electron chi connectivity index (χ3n) is 2.30. The zero-order valence-electron chi connectivity index (χ0n) is 9.31. The fourth-order valence-electron chi connectivity index (χ4n) is 1.42. The van der Waals surface area contributed by atoms with Crippen molar-refractivity contribution in [2.45, 2.75) is 0 Å². The topological polar surface area (TPSA) is 66.4 Å². The van der Waals surface area contributed by atoms with Gasteiger partial charge in [-0.2, -0.15) is 0 Å². The summed E-state index contributed by atoms with van der Waals surface area (Å²) in [7, 11) is 0. The van der Waals surface area contributed by atoms with E-state index in [4.69, 9.17) is 16.7 Å². The highest BCUT2D eigenvalue weighted by atomic mass is 79.9. The zero-order valence-corrected chi connectivity index (χ0v) is 12.5. The van der Waals surface area contributed by atoms with Crippen molar-refractivity contribution < 1.29 is 14.7 Å². The monoisotopic (exact) mass is 359 g/mol. The molecular weight excluding hydrogens is 354 g/mol. The van der Waals surface area contributed by atoms with E-state index in [0.29, 0.717) is 9.50 Å². The summed E-state index contributed by atoms with van der Waals surface area (Å²) in [4.78, 5) is 23.0. The Labute approximate surface area is 126 Å². The molecule has 0 radical (unpaired) electrons. The van der Waals surface area contributed by atoms with Gasteiger partial charge in [-0.3, -0.25) is 4.79 Å². The molecule has 2 aromatic rings. The van der Waals surface area contributed by atoms with E-state index >= 15 is 0 Å². The van der Waals surface area contributed by atoms with E-state index in [0.717, 1.165) is 11.3 Å². The van der Waals surface area contributed by atoms with Gasteiger partial charge in [0.25, 0.3) is 5.91 Å². The maximum absolute atomic E-state index is 12.1. The quantitative estimate of drug-likeness (QED) is 0.865. The van der Waals surface area contributed by atoms with Crippen LogP contribution < -0.4 is 5.32 Å². The van der Waals surface area contributed by atoms with Crippen LogP contribution in [0, 0.1) is 0 Å². The van der Waals surface area contributed by atoms with Crippen LogP contribution in [0.5, 0.6) is 0 Å². The summed E-state index contributed by atoms with van der Waals surface area (Å²) in [6, 6.07) is 6.32. The number of nitrogens with one attached hydrogen (secondary N) is 1. The van der Waals surface area contributed by atoms with Gasteiger partial charge in [-0.25, -0.2) is 4.79 Å². The van der Waals surface area contributed by atoms with E-state index in [2.05, 4.69) is 21.2 Å². The molecule has 98 valence electrons. The Morgan fingerprint density at radius 3 is 2.68 bits per heavy atom. The summed E-state index contributed by atoms with van der Waals surface area (Å²) in [6.45, 7) is 0. The second kappa shape index (κ2) is 5.73. The number of carboxylic acid groups (broad SMARTS) is 1. The number of benzene rings is 1. The molecule has 0 aliphatic heterocycles. The number of carbonyl (C=O) groups is 2. The Balaban J connectivity index is 2.28. The first-order valence-corrected chi connectivity index (χ1v) is 7.11. The van der Waals surface area contributed by atoms with Gasteiger partial charge in [-0.15, -0.1) is 11.3 Å². The first-order valence-electron chi connectivity index (χ1n) is 5.06. The van der Waals surface area contributed by atoms with Crippen molar-refractivity contribution in [3.8, 4) is 0 Å². The summed E-state index contributed by atoms with van der Waals surface area (Å²) in [5, 5.41) is 13.7. The summed E-state index contributed by atoms with van der Waals surface area (Å²) in [5.41, 5.74) is 0.338. The van der Waals surface area contributed by atoms with Gasteiger partial charge in [0.15, 0.2) is 0 Å². The minimum absolute atomic E-state index is 0.0597. The zero-order chi connectivity index (χ0) is 14.0. The highest BCUT2D eigenvalue weighted by Gasteiger charge is 2.16. The molecular formula is C12H7BrClNO3S. The number of hydrogen-bond acceptors (Lipinski definition) is 3. The number of halogens is 2. The van der Waals surface area contributed by atoms with Crippen molar-refractivity contribution in [3.63, 3.8) is 0 Å². The summed E-state index contributed by atoms with van der Waals surface area (Å²) >= 11 is 10.3. The average Bonchev–Trinajstić information content (AvgIpc) is 2.80. The Morgan fingerprint density at radius 2 is 2.00 bits per heavy atom. The van der Waals surface area contributed by atoms with Crippen molar-refractivity contribution >= 4 is 55.7 Å². The third-order valence-corrected chi connectivity index (χ3v) is 3.95. The van der Waals surface area contributed by atoms with E-state index < -0.39 is 11.9 Å². The van der Waals surface area contributed by atoms with Crippen molar-refractivity contribution in [1.82, 2.24) is 0 Å². The second-order valence-electron chi connectivity index (χ2n) is 3.55. The van der Waals surface area contributed by atoms with Crippen LogP contribution in [0.4, 0.5) is 5.00 Å². The molecule has 7 heteroatoms. The van der Waals surface area contributed by atoms with Gasteiger partial charge < -0.3 is 10.4 Å². The van der Waals surface area contributed by atoms with Crippen LogP contribution in [-0.2, 0) is 0 Å². The molecule has 0 fully saturated rings. The molecule has 1 aromatic heterocycles. The number of aromatic carboxylic acids is 1. The number of anilines is 1. The lowest BCUT2D eigenvalue weighted by molar-refractivity contribution is 0.0698. The molecule has 19 heavy (non-hydrogen) atoms. The lowest BCUT2D eigenvalue weighted by Gasteiger charge is -2.06. The van der Waals surface area contributed by atoms with E-state index in [-0.39, 0.29) is 16.1 Å². The van der Waals surface area contributed by atoms with Gasteiger partial charge in [0, 0.05) is 4.47 Å². The van der Waals surface area contributed by atoms with E-state index in [1.807, 2.05) is 0 Å². The highest BCUT2D eigenvalue weighted by molar-refractivity contribution is 9.10. The highest BCUT2D eigenvalue weighted by Crippen LogP contribution is 2.26. The predicted octanol–water partition coefficient (Wildman–Crippen LogP) is 4.11. The fourth-order valence-corrected chi connectivity index (χ4v) is 2.76. The molecule has 0 aliphatic carbocycles. The normalized spacial score (nSPS) is 10.2. The fraction of sp³-hybridized carbons (Fsp3) is 0. The summed E-state index contributed by atoms with van der Waals surface area (Å²) in [6.07, 6.45) is 0. The van der Waals surface area contributed by atoms with Crippen LogP contribution in [0.25, 0.3) is 0 Å². The smallest absolute Gasteiger partial charge is 0.338 e. The number of hydrogen-bond donors (Lipinski definition) is 2. The largest absolute Gasteiger partial charge is 0.478 e. The lowest BCUT2D eigenvalue weighted by atomic mass is 10.2. The predicted molar refractivity (Wildman–Crippen MR) is 78.4 cm³/mol. The van der Waals surface area contributed by atoms with Crippen molar-refractivity contribution in [2.75, 3.05) is 5.32 Å². The van der Waals surface area contributed by atoms with Crippen LogP contribution in [0.3, 0.4) is 0 Å². The maximum Gasteiger partial charge on any atom is 0.338 e. The number of amides is 1. The molecule has 2 rings (SSSR count). The summed E-state index contributed by atoms with van der Waals surface area (Å²) in [5.74, 6) is -1.53. The molecule has 0 spiro atoms. The lowest BCUT2D eigenvalue weighted by Crippen LogP contribution is -2.13. The Morgan fingerprint density at radius 1 is 1.26 bits per heavy atom. The van der Waals surface area contributed by atoms with Crippen LogP contribution >= 0.6 is 38.9 Å². The van der Waals surface area contributed by atoms with E-state index in [1.165, 1.54) is 6.07 Å². The number of thiophene rings is 1. The Kier molecular flexibility index (Phi) is 4.24. The van der Waals surface area contributed by atoms with Crippen LogP contribution in [0.2, 0.25) is 5.02 Å². The number of rotatable bonds is 3. The van der Waals surface area contributed by atoms with Crippen molar-refractivity contribution in [2.24, 2.45) is 0 Å². The molecule has 2 N–H and O–H groups in total. The molecule has 0 bridgehead atoms. The van der Waals surface area contributed by atoms with E-state index in [1.54, 1.807) is 23.6 Å². The average molecular weight is 361 g/mol. The first-order chi connectivity index (χ1) is 8.99. The molecule has 0 atom stereocenters. The van der Waals surface area contributed by atoms with Gasteiger partial charge in [-0.1, -0.05) is 27.5 Å². The van der Waals surface area contributed by atoms with Crippen LogP contribution in [0.1, 0.15) is 20.7 Å². The minimum Gasteiger partial charge on any atom is -0.478 e. The molecule has 1 amide bonds. The van der Waals surface area contributed by atoms with Gasteiger partial charge in [0.1, 0.15) is 5.00 Å². The van der Waals surface area contributed by atoms with Gasteiger partial charge in [-0.05, 0) is 29.6 Å². The van der Waals surface area contributed by atoms with Gasteiger partial charge >= 0.3 is 5.97 Å². The molecule has 4 nitrogen and oxygen atoms in total. The molecule has 0 unspecified atom stereocenters. The molecule has 0 saturated carbocycles. The maximum atomic E-state index is 12.1. The Bertz CT molecular complexity index is 656. The molecule has 0 saturated heterocycles. The van der Waals surface area contributed by atoms with Crippen molar-refractivity contribution in [3.05, 3.63) is 50.3 Å². The SMILES string of the molecule is O=C(Nc1sccc1C(=O)O)c1cc(Br)ccc1Cl. The number of carboxylic acids is 1. The Hall–Kier alpha value is -1.37. The molecule has 1 aromatic carbocycles. The third kappa shape index (κ3) is 3.15. The molecule has 0 aliphatic rings.